The molecule has 2 aromatic rings. The molecule has 1 aromatic carbocycles. The Morgan fingerprint density at radius 2 is 2.03 bits per heavy atom. The smallest absolute Gasteiger partial charge is 0.239 e. The molecular formula is C22H30N4O5S. The van der Waals surface area contributed by atoms with Gasteiger partial charge in [0, 0.05) is 17.7 Å². The van der Waals surface area contributed by atoms with Crippen LogP contribution in [0, 0.1) is 6.92 Å². The summed E-state index contributed by atoms with van der Waals surface area (Å²) in [5.41, 5.74) is 1.75. The number of rotatable bonds is 7. The Morgan fingerprint density at radius 3 is 2.72 bits per heavy atom. The fourth-order valence-electron chi connectivity index (χ4n) is 4.69. The van der Waals surface area contributed by atoms with Crippen LogP contribution >= 0.6 is 0 Å². The van der Waals surface area contributed by atoms with E-state index in [0.29, 0.717) is 12.2 Å². The van der Waals surface area contributed by atoms with Crippen LogP contribution in [0.25, 0.3) is 0 Å². The number of methoxy groups -OCH3 is 2. The molecule has 1 N–H and O–H groups in total. The lowest BCUT2D eigenvalue weighted by molar-refractivity contribution is -0.117. The molecule has 0 bridgehead atoms. The Bertz CT molecular complexity index is 1100. The van der Waals surface area contributed by atoms with Gasteiger partial charge in [-0.1, -0.05) is 0 Å². The van der Waals surface area contributed by atoms with Crippen LogP contribution in [0.2, 0.25) is 0 Å². The van der Waals surface area contributed by atoms with Gasteiger partial charge in [-0.25, -0.2) is 13.1 Å². The summed E-state index contributed by atoms with van der Waals surface area (Å²) in [6, 6.07) is 7.32. The maximum Gasteiger partial charge on any atom is 0.239 e. The number of likely N-dealkylation sites (tertiary alicyclic amines) is 1. The van der Waals surface area contributed by atoms with Gasteiger partial charge in [-0.3, -0.25) is 9.69 Å². The van der Waals surface area contributed by atoms with Gasteiger partial charge in [0.2, 0.25) is 5.91 Å². The van der Waals surface area contributed by atoms with E-state index < -0.39 is 9.84 Å². The van der Waals surface area contributed by atoms with E-state index in [1.807, 2.05) is 25.1 Å². The lowest BCUT2D eigenvalue weighted by Gasteiger charge is -2.26. The van der Waals surface area contributed by atoms with Crippen molar-refractivity contribution in [3.05, 3.63) is 35.5 Å². The molecule has 2 aliphatic rings. The molecule has 0 radical (unpaired) electrons. The molecule has 3 heterocycles. The zero-order chi connectivity index (χ0) is 22.9. The zero-order valence-corrected chi connectivity index (χ0v) is 19.5. The summed E-state index contributed by atoms with van der Waals surface area (Å²) >= 11 is 0. The molecule has 2 fully saturated rings. The fourth-order valence-corrected chi connectivity index (χ4v) is 6.38. The first-order valence-electron chi connectivity index (χ1n) is 10.8. The zero-order valence-electron chi connectivity index (χ0n) is 18.7. The predicted octanol–water partition coefficient (Wildman–Crippen LogP) is 2.34. The molecule has 0 saturated carbocycles. The van der Waals surface area contributed by atoms with Crippen LogP contribution in [0.5, 0.6) is 11.5 Å². The monoisotopic (exact) mass is 462 g/mol. The molecule has 2 saturated heterocycles. The Balaban J connectivity index is 1.48. The van der Waals surface area contributed by atoms with Gasteiger partial charge >= 0.3 is 0 Å². The number of hydrogen-bond acceptors (Lipinski definition) is 7. The highest BCUT2D eigenvalue weighted by Crippen LogP contribution is 2.38. The number of nitrogens with zero attached hydrogens (tertiary/aromatic N) is 3. The van der Waals surface area contributed by atoms with Crippen LogP contribution in [0.1, 0.15) is 42.6 Å². The van der Waals surface area contributed by atoms with Crippen LogP contribution in [0.15, 0.2) is 24.3 Å². The summed E-state index contributed by atoms with van der Waals surface area (Å²) in [6.07, 6.45) is 2.42. The number of anilines is 1. The van der Waals surface area contributed by atoms with Crippen LogP contribution in [0.4, 0.5) is 5.82 Å². The molecule has 10 heteroatoms. The highest BCUT2D eigenvalue weighted by atomic mass is 32.2. The first-order valence-corrected chi connectivity index (χ1v) is 12.6. The minimum atomic E-state index is -3.05. The highest BCUT2D eigenvalue weighted by molar-refractivity contribution is 7.91. The number of sulfone groups is 1. The number of ether oxygens (including phenoxy) is 2. The molecule has 0 aliphatic carbocycles. The van der Waals surface area contributed by atoms with Crippen molar-refractivity contribution in [1.82, 2.24) is 14.7 Å². The van der Waals surface area contributed by atoms with Crippen molar-refractivity contribution in [2.75, 3.05) is 44.1 Å². The number of benzene rings is 1. The van der Waals surface area contributed by atoms with Gasteiger partial charge in [-0.05, 0) is 50.9 Å². The number of nitrogens with one attached hydrogen (secondary N) is 1. The van der Waals surface area contributed by atoms with Crippen molar-refractivity contribution in [3.8, 4) is 11.5 Å². The van der Waals surface area contributed by atoms with E-state index in [9.17, 15) is 13.2 Å². The highest BCUT2D eigenvalue weighted by Gasteiger charge is 2.33. The summed E-state index contributed by atoms with van der Waals surface area (Å²) in [6.45, 7) is 2.86. The predicted molar refractivity (Wildman–Crippen MR) is 121 cm³/mol. The van der Waals surface area contributed by atoms with E-state index in [4.69, 9.17) is 9.47 Å². The lowest BCUT2D eigenvalue weighted by Crippen LogP contribution is -2.33. The Morgan fingerprint density at radius 1 is 1.22 bits per heavy atom. The average Bonchev–Trinajstić information content (AvgIpc) is 3.45. The Hall–Kier alpha value is -2.59. The Kier molecular flexibility index (Phi) is 6.43. The molecule has 9 nitrogen and oxygen atoms in total. The van der Waals surface area contributed by atoms with E-state index in [1.54, 1.807) is 25.0 Å². The minimum Gasteiger partial charge on any atom is -0.497 e. The SMILES string of the molecule is COc1ccc(OC)c(C2CCCN2CC(=O)Nc2cc(C)nn2C2CCS(=O)(=O)C2)c1. The molecular weight excluding hydrogens is 432 g/mol. The van der Waals surface area contributed by atoms with Crippen LogP contribution in [0.3, 0.4) is 0 Å². The van der Waals surface area contributed by atoms with Crippen LogP contribution in [-0.2, 0) is 14.6 Å². The van der Waals surface area contributed by atoms with Gasteiger partial charge in [0.1, 0.15) is 17.3 Å². The maximum atomic E-state index is 13.0. The quantitative estimate of drug-likeness (QED) is 0.674. The van der Waals surface area contributed by atoms with Crippen molar-refractivity contribution < 1.29 is 22.7 Å². The summed E-state index contributed by atoms with van der Waals surface area (Å²) in [5.74, 6) is 2.13. The third-order valence-electron chi connectivity index (χ3n) is 6.19. The van der Waals surface area contributed by atoms with Crippen molar-refractivity contribution in [2.24, 2.45) is 0 Å². The van der Waals surface area contributed by atoms with Crippen LogP contribution in [-0.4, -0.2) is 67.8 Å². The van der Waals surface area contributed by atoms with E-state index in [2.05, 4.69) is 15.3 Å². The van der Waals surface area contributed by atoms with Gasteiger partial charge in [0.15, 0.2) is 9.84 Å². The van der Waals surface area contributed by atoms with Crippen molar-refractivity contribution in [2.45, 2.75) is 38.3 Å². The first-order chi connectivity index (χ1) is 15.3. The number of aryl methyl sites for hydroxylation is 1. The number of carbonyl (C=O) groups is 1. The van der Waals surface area contributed by atoms with Crippen molar-refractivity contribution in [1.29, 1.82) is 0 Å². The fraction of sp³-hybridized carbons (Fsp3) is 0.545. The summed E-state index contributed by atoms with van der Waals surface area (Å²) in [4.78, 5) is 15.1. The lowest BCUT2D eigenvalue weighted by atomic mass is 10.0. The Labute approximate surface area is 188 Å². The molecule has 2 atom stereocenters. The number of hydrogen-bond donors (Lipinski definition) is 1. The second-order valence-electron chi connectivity index (χ2n) is 8.46. The normalized spacial score (nSPS) is 22.7. The van der Waals surface area contributed by atoms with E-state index in [1.165, 1.54) is 0 Å². The third-order valence-corrected chi connectivity index (χ3v) is 7.94. The first kappa shape index (κ1) is 22.6. The van der Waals surface area contributed by atoms with Gasteiger partial charge < -0.3 is 14.8 Å². The number of aromatic nitrogens is 2. The second-order valence-corrected chi connectivity index (χ2v) is 10.7. The third kappa shape index (κ3) is 4.75. The van der Waals surface area contributed by atoms with Crippen molar-refractivity contribution >= 4 is 21.6 Å². The standard InChI is InChI=1S/C22H30N4O5S/c1-15-11-21(26(24-15)16-8-10-32(28,29)14-16)23-22(27)13-25-9-4-5-19(25)18-12-17(30-2)6-7-20(18)31-3/h6-7,11-12,16,19H,4-5,8-10,13-14H2,1-3H3,(H,23,27). The molecule has 2 unspecified atom stereocenters. The molecule has 2 aliphatic heterocycles. The topological polar surface area (TPSA) is 103 Å². The molecule has 174 valence electrons. The maximum absolute atomic E-state index is 13.0. The number of carbonyl (C=O) groups excluding carboxylic acids is 1. The molecule has 4 rings (SSSR count). The van der Waals surface area contributed by atoms with E-state index in [-0.39, 0.29) is 36.0 Å². The van der Waals surface area contributed by atoms with Gasteiger partial charge in [-0.2, -0.15) is 5.10 Å². The van der Waals surface area contributed by atoms with E-state index >= 15 is 0 Å². The molecule has 1 amide bonds. The van der Waals surface area contributed by atoms with Gasteiger partial charge in [-0.15, -0.1) is 0 Å². The summed E-state index contributed by atoms with van der Waals surface area (Å²) in [7, 11) is 0.222. The molecule has 32 heavy (non-hydrogen) atoms. The molecule has 0 spiro atoms. The summed E-state index contributed by atoms with van der Waals surface area (Å²) in [5, 5.41) is 7.40. The second kappa shape index (κ2) is 9.11. The van der Waals surface area contributed by atoms with E-state index in [0.717, 1.165) is 42.1 Å². The van der Waals surface area contributed by atoms with Crippen LogP contribution < -0.4 is 14.8 Å². The average molecular weight is 463 g/mol. The largest absolute Gasteiger partial charge is 0.497 e. The molecule has 1 aromatic heterocycles. The van der Waals surface area contributed by atoms with Gasteiger partial charge in [0.05, 0.1) is 44.0 Å². The van der Waals surface area contributed by atoms with Gasteiger partial charge in [0.25, 0.3) is 0 Å². The number of amides is 1. The summed E-state index contributed by atoms with van der Waals surface area (Å²) < 4.78 is 36.4. The van der Waals surface area contributed by atoms with Crippen molar-refractivity contribution in [3.63, 3.8) is 0 Å². The minimum absolute atomic E-state index is 0.0532.